The highest BCUT2D eigenvalue weighted by molar-refractivity contribution is 5.87. The number of aliphatic hydroxyl groups excluding tert-OH is 1. The second kappa shape index (κ2) is 6.10. The van der Waals surface area contributed by atoms with Crippen LogP contribution in [-0.4, -0.2) is 17.7 Å². The van der Waals surface area contributed by atoms with Crippen LogP contribution in [0.3, 0.4) is 0 Å². The minimum absolute atomic E-state index is 0.185. The number of benzene rings is 1. The Hall–Kier alpha value is -1.75. The molecule has 0 unspecified atom stereocenters. The Kier molecular flexibility index (Phi) is 4.78. The fraction of sp³-hybridized carbons (Fsp3) is 0.250. The molecule has 0 amide bonds. The van der Waals surface area contributed by atoms with Crippen molar-refractivity contribution in [3.8, 4) is 0 Å². The summed E-state index contributed by atoms with van der Waals surface area (Å²) < 4.78 is 31.1. The van der Waals surface area contributed by atoms with Gasteiger partial charge in [0, 0.05) is 11.6 Å². The van der Waals surface area contributed by atoms with Crippen LogP contribution in [-0.2, 0) is 16.1 Å². The third-order valence-electron chi connectivity index (χ3n) is 2.02. The SMILES string of the molecule is CCOC(=O)C=Cc1cc(F)c(CO)c(F)c1. The van der Waals surface area contributed by atoms with E-state index in [4.69, 9.17) is 5.11 Å². The van der Waals surface area contributed by atoms with E-state index in [1.54, 1.807) is 6.92 Å². The zero-order valence-electron chi connectivity index (χ0n) is 9.24. The summed E-state index contributed by atoms with van der Waals surface area (Å²) in [6.45, 7) is 1.18. The number of carbonyl (C=O) groups is 1. The number of aliphatic hydroxyl groups is 1. The molecule has 0 aliphatic carbocycles. The van der Waals surface area contributed by atoms with Crippen molar-refractivity contribution < 1.29 is 23.4 Å². The van der Waals surface area contributed by atoms with Crippen LogP contribution in [0, 0.1) is 11.6 Å². The van der Waals surface area contributed by atoms with Gasteiger partial charge in [0.25, 0.3) is 0 Å². The van der Waals surface area contributed by atoms with Gasteiger partial charge in [0.1, 0.15) is 11.6 Å². The predicted octanol–water partition coefficient (Wildman–Crippen LogP) is 2.03. The quantitative estimate of drug-likeness (QED) is 0.649. The lowest BCUT2D eigenvalue weighted by molar-refractivity contribution is -0.137. The number of halogens is 2. The average Bonchev–Trinajstić information content (AvgIpc) is 2.26. The van der Waals surface area contributed by atoms with Crippen LogP contribution in [0.25, 0.3) is 6.08 Å². The molecule has 0 saturated heterocycles. The van der Waals surface area contributed by atoms with Crippen molar-refractivity contribution in [2.45, 2.75) is 13.5 Å². The van der Waals surface area contributed by atoms with Gasteiger partial charge in [-0.1, -0.05) is 0 Å². The van der Waals surface area contributed by atoms with Gasteiger partial charge in [-0.15, -0.1) is 0 Å². The van der Waals surface area contributed by atoms with E-state index in [0.29, 0.717) is 0 Å². The van der Waals surface area contributed by atoms with Crippen molar-refractivity contribution in [2.75, 3.05) is 6.61 Å². The minimum atomic E-state index is -0.851. The van der Waals surface area contributed by atoms with Gasteiger partial charge in [-0.25, -0.2) is 13.6 Å². The second-order valence-electron chi connectivity index (χ2n) is 3.21. The van der Waals surface area contributed by atoms with Crippen LogP contribution in [0.1, 0.15) is 18.1 Å². The van der Waals surface area contributed by atoms with E-state index in [1.165, 1.54) is 6.08 Å². The molecule has 1 N–H and O–H groups in total. The number of hydrogen-bond donors (Lipinski definition) is 1. The Labute approximate surface area is 97.3 Å². The van der Waals surface area contributed by atoms with Crippen molar-refractivity contribution >= 4 is 12.0 Å². The van der Waals surface area contributed by atoms with Crippen LogP contribution in [0.2, 0.25) is 0 Å². The maximum Gasteiger partial charge on any atom is 0.330 e. The summed E-state index contributed by atoms with van der Waals surface area (Å²) in [6.07, 6.45) is 2.32. The molecule has 0 aliphatic rings. The number of esters is 1. The van der Waals surface area contributed by atoms with E-state index in [0.717, 1.165) is 18.2 Å². The van der Waals surface area contributed by atoms with Crippen molar-refractivity contribution in [1.29, 1.82) is 0 Å². The standard InChI is InChI=1S/C12H12F2O3/c1-2-17-12(16)4-3-8-5-10(13)9(7-15)11(14)6-8/h3-6,15H,2,7H2,1H3. The molecule has 0 aliphatic heterocycles. The monoisotopic (exact) mass is 242 g/mol. The summed E-state index contributed by atoms with van der Waals surface area (Å²) in [5.41, 5.74) is -0.205. The van der Waals surface area contributed by atoms with Crippen molar-refractivity contribution in [3.05, 3.63) is 41.0 Å². The van der Waals surface area contributed by atoms with Gasteiger partial charge in [-0.2, -0.15) is 0 Å². The molecule has 1 aromatic carbocycles. The fourth-order valence-corrected chi connectivity index (χ4v) is 1.22. The van der Waals surface area contributed by atoms with E-state index in [9.17, 15) is 13.6 Å². The van der Waals surface area contributed by atoms with Crippen LogP contribution in [0.15, 0.2) is 18.2 Å². The maximum atomic E-state index is 13.2. The van der Waals surface area contributed by atoms with E-state index in [1.807, 2.05) is 0 Å². The molecular formula is C12H12F2O3. The Bertz CT molecular complexity index is 418. The van der Waals surface area contributed by atoms with Gasteiger partial charge >= 0.3 is 5.97 Å². The Morgan fingerprint density at radius 2 is 2.00 bits per heavy atom. The van der Waals surface area contributed by atoms with Gasteiger partial charge in [-0.05, 0) is 30.7 Å². The van der Waals surface area contributed by atoms with Crippen LogP contribution in [0.5, 0.6) is 0 Å². The molecule has 5 heteroatoms. The summed E-state index contributed by atoms with van der Waals surface area (Å²) in [6, 6.07) is 2.06. The zero-order valence-corrected chi connectivity index (χ0v) is 9.24. The largest absolute Gasteiger partial charge is 0.463 e. The number of hydrogen-bond acceptors (Lipinski definition) is 3. The molecule has 0 aromatic heterocycles. The first kappa shape index (κ1) is 13.3. The fourth-order valence-electron chi connectivity index (χ4n) is 1.22. The highest BCUT2D eigenvalue weighted by Crippen LogP contribution is 2.16. The maximum absolute atomic E-state index is 13.2. The first-order chi connectivity index (χ1) is 8.08. The third kappa shape index (κ3) is 3.64. The summed E-state index contributed by atoms with van der Waals surface area (Å²) in [4.78, 5) is 11.0. The predicted molar refractivity (Wildman–Crippen MR) is 57.9 cm³/mol. The Morgan fingerprint density at radius 3 is 2.47 bits per heavy atom. The van der Waals surface area contributed by atoms with Gasteiger partial charge in [-0.3, -0.25) is 0 Å². The van der Waals surface area contributed by atoms with Crippen molar-refractivity contribution in [2.24, 2.45) is 0 Å². The minimum Gasteiger partial charge on any atom is -0.463 e. The zero-order chi connectivity index (χ0) is 12.8. The molecule has 1 rings (SSSR count). The molecule has 0 heterocycles. The normalized spacial score (nSPS) is 10.8. The van der Waals surface area contributed by atoms with Crippen molar-refractivity contribution in [3.63, 3.8) is 0 Å². The smallest absolute Gasteiger partial charge is 0.330 e. The molecule has 92 valence electrons. The topological polar surface area (TPSA) is 46.5 Å². The van der Waals surface area contributed by atoms with Crippen molar-refractivity contribution in [1.82, 2.24) is 0 Å². The Morgan fingerprint density at radius 1 is 1.41 bits per heavy atom. The van der Waals surface area contributed by atoms with Gasteiger partial charge < -0.3 is 9.84 Å². The molecule has 0 spiro atoms. The summed E-state index contributed by atoms with van der Waals surface area (Å²) >= 11 is 0. The lowest BCUT2D eigenvalue weighted by Gasteiger charge is -2.02. The molecule has 0 saturated carbocycles. The molecule has 3 nitrogen and oxygen atoms in total. The van der Waals surface area contributed by atoms with E-state index in [2.05, 4.69) is 4.74 Å². The van der Waals surface area contributed by atoms with Crippen LogP contribution < -0.4 is 0 Å². The summed E-state index contributed by atoms with van der Waals surface area (Å²) in [5, 5.41) is 8.71. The first-order valence-electron chi connectivity index (χ1n) is 5.02. The van der Waals surface area contributed by atoms with E-state index < -0.39 is 29.8 Å². The average molecular weight is 242 g/mol. The lowest BCUT2D eigenvalue weighted by atomic mass is 10.1. The number of carbonyl (C=O) groups excluding carboxylic acids is 1. The summed E-state index contributed by atoms with van der Waals surface area (Å²) in [5.74, 6) is -2.29. The highest BCUT2D eigenvalue weighted by atomic mass is 19.1. The molecule has 0 radical (unpaired) electrons. The van der Waals surface area contributed by atoms with Crippen LogP contribution >= 0.6 is 0 Å². The van der Waals surface area contributed by atoms with Gasteiger partial charge in [0.2, 0.25) is 0 Å². The summed E-state index contributed by atoms with van der Waals surface area (Å²) in [7, 11) is 0. The van der Waals surface area contributed by atoms with E-state index in [-0.39, 0.29) is 12.2 Å². The van der Waals surface area contributed by atoms with Crippen LogP contribution in [0.4, 0.5) is 8.78 Å². The van der Waals surface area contributed by atoms with Gasteiger partial charge in [0.05, 0.1) is 13.2 Å². The molecule has 17 heavy (non-hydrogen) atoms. The molecular weight excluding hydrogens is 230 g/mol. The molecule has 1 aromatic rings. The second-order valence-corrected chi connectivity index (χ2v) is 3.21. The molecule has 0 fully saturated rings. The van der Waals surface area contributed by atoms with E-state index >= 15 is 0 Å². The molecule has 0 atom stereocenters. The third-order valence-corrected chi connectivity index (χ3v) is 2.02. The first-order valence-corrected chi connectivity index (χ1v) is 5.02. The highest BCUT2D eigenvalue weighted by Gasteiger charge is 2.09. The van der Waals surface area contributed by atoms with Gasteiger partial charge in [0.15, 0.2) is 0 Å². The lowest BCUT2D eigenvalue weighted by Crippen LogP contribution is -1.99. The Balaban J connectivity index is 2.90. The number of ether oxygens (including phenoxy) is 1. The number of rotatable bonds is 4. The molecule has 0 bridgehead atoms.